The third-order valence-corrected chi connectivity index (χ3v) is 9.55. The van der Waals surface area contributed by atoms with Gasteiger partial charge in [-0.3, -0.25) is 9.59 Å². The Morgan fingerprint density at radius 3 is 1.40 bits per heavy atom. The predicted molar refractivity (Wildman–Crippen MR) is 175 cm³/mol. The van der Waals surface area contributed by atoms with Crippen LogP contribution in [0.5, 0.6) is 11.5 Å². The smallest absolute Gasteiger partial charge is 0.220 e. The summed E-state index contributed by atoms with van der Waals surface area (Å²) in [6, 6.07) is 10.8. The molecule has 0 heterocycles. The molecule has 0 atom stereocenters. The van der Waals surface area contributed by atoms with Crippen LogP contribution in [-0.2, 0) is 9.59 Å². The molecule has 0 aliphatic heterocycles. The molecule has 43 heavy (non-hydrogen) atoms. The summed E-state index contributed by atoms with van der Waals surface area (Å²) in [4.78, 5) is 24.9. The maximum Gasteiger partial charge on any atom is 0.220 e. The Morgan fingerprint density at radius 1 is 0.628 bits per heavy atom. The molecule has 236 valence electrons. The van der Waals surface area contributed by atoms with Crippen LogP contribution in [0.2, 0.25) is 20.1 Å². The molecule has 2 aliphatic carbocycles. The van der Waals surface area contributed by atoms with Crippen molar-refractivity contribution in [1.82, 2.24) is 10.6 Å². The van der Waals surface area contributed by atoms with E-state index in [2.05, 4.69) is 10.6 Å². The van der Waals surface area contributed by atoms with Crippen molar-refractivity contribution in [3.8, 4) is 11.5 Å². The Bertz CT molecular complexity index is 1110. The van der Waals surface area contributed by atoms with E-state index in [1.807, 2.05) is 0 Å². The van der Waals surface area contributed by atoms with E-state index in [0.29, 0.717) is 70.5 Å². The normalized spacial score (nSPS) is 22.0. The maximum absolute atomic E-state index is 12.4. The van der Waals surface area contributed by atoms with Crippen LogP contribution < -0.4 is 20.1 Å². The zero-order valence-corrected chi connectivity index (χ0v) is 27.5. The molecule has 2 aliphatic rings. The molecular formula is C33H42Cl4N2O4. The molecule has 2 N–H and O–H groups in total. The Balaban J connectivity index is 1.01. The van der Waals surface area contributed by atoms with Crippen LogP contribution in [0.3, 0.4) is 0 Å². The van der Waals surface area contributed by atoms with Crippen molar-refractivity contribution >= 4 is 58.2 Å². The molecule has 2 fully saturated rings. The van der Waals surface area contributed by atoms with Gasteiger partial charge in [-0.2, -0.15) is 0 Å². The second-order valence-electron chi connectivity index (χ2n) is 11.9. The SMILES string of the molecule is O=C(CCCOc1ccc(Cl)cc1Cl)NC1CCC(CC2CCC(NC(=O)CCCOc3ccc(Cl)cc3Cl)CC2)CC1. The Morgan fingerprint density at radius 2 is 1.02 bits per heavy atom. The van der Waals surface area contributed by atoms with Crippen molar-refractivity contribution in [3.63, 3.8) is 0 Å². The minimum atomic E-state index is 0.0908. The molecule has 10 heteroatoms. The number of nitrogens with one attached hydrogen (secondary N) is 2. The van der Waals surface area contributed by atoms with E-state index in [0.717, 1.165) is 37.5 Å². The largest absolute Gasteiger partial charge is 0.492 e. The van der Waals surface area contributed by atoms with Gasteiger partial charge in [0.15, 0.2) is 0 Å². The van der Waals surface area contributed by atoms with Crippen molar-refractivity contribution in [3.05, 3.63) is 56.5 Å². The first-order valence-corrected chi connectivity index (χ1v) is 17.0. The van der Waals surface area contributed by atoms with E-state index >= 15 is 0 Å². The van der Waals surface area contributed by atoms with Gasteiger partial charge in [-0.25, -0.2) is 0 Å². The molecule has 4 rings (SSSR count). The number of hydrogen-bond donors (Lipinski definition) is 2. The molecule has 0 radical (unpaired) electrons. The maximum atomic E-state index is 12.4. The highest BCUT2D eigenvalue weighted by Gasteiger charge is 2.28. The van der Waals surface area contributed by atoms with Crippen LogP contribution in [-0.4, -0.2) is 37.1 Å². The predicted octanol–water partition coefficient (Wildman–Crippen LogP) is 9.06. The first-order valence-electron chi connectivity index (χ1n) is 15.5. The first-order chi connectivity index (χ1) is 20.7. The highest BCUT2D eigenvalue weighted by molar-refractivity contribution is 6.36. The van der Waals surface area contributed by atoms with Crippen molar-refractivity contribution in [1.29, 1.82) is 0 Å². The highest BCUT2D eigenvalue weighted by Crippen LogP contribution is 2.36. The van der Waals surface area contributed by atoms with Crippen LogP contribution in [0, 0.1) is 11.8 Å². The molecular weight excluding hydrogens is 630 g/mol. The lowest BCUT2D eigenvalue weighted by molar-refractivity contribution is -0.123. The number of ether oxygens (including phenoxy) is 2. The summed E-state index contributed by atoms with van der Waals surface area (Å²) in [6.45, 7) is 0.868. The summed E-state index contributed by atoms with van der Waals surface area (Å²) in [5.74, 6) is 2.82. The van der Waals surface area contributed by atoms with Crippen LogP contribution in [0.25, 0.3) is 0 Å². The number of amides is 2. The van der Waals surface area contributed by atoms with Crippen molar-refractivity contribution in [2.75, 3.05) is 13.2 Å². The lowest BCUT2D eigenvalue weighted by Crippen LogP contribution is -2.39. The number of benzene rings is 2. The number of carbonyl (C=O) groups is 2. The molecule has 0 bridgehead atoms. The van der Waals surface area contributed by atoms with Gasteiger partial charge in [0, 0.05) is 35.0 Å². The van der Waals surface area contributed by atoms with Gasteiger partial charge in [-0.1, -0.05) is 46.4 Å². The van der Waals surface area contributed by atoms with E-state index < -0.39 is 0 Å². The minimum absolute atomic E-state index is 0.0908. The zero-order valence-electron chi connectivity index (χ0n) is 24.5. The van der Waals surface area contributed by atoms with Crippen LogP contribution in [0.15, 0.2) is 36.4 Å². The number of rotatable bonds is 14. The number of halogens is 4. The summed E-state index contributed by atoms with van der Waals surface area (Å²) in [5, 5.41) is 8.52. The van der Waals surface area contributed by atoms with Crippen molar-refractivity contribution in [2.45, 2.75) is 95.6 Å². The molecule has 0 unspecified atom stereocenters. The van der Waals surface area contributed by atoms with E-state index in [-0.39, 0.29) is 23.9 Å². The topological polar surface area (TPSA) is 76.7 Å². The summed E-state index contributed by atoms with van der Waals surface area (Å²) >= 11 is 24.1. The highest BCUT2D eigenvalue weighted by atomic mass is 35.5. The summed E-state index contributed by atoms with van der Waals surface area (Å²) in [5.41, 5.74) is 0. The van der Waals surface area contributed by atoms with Gasteiger partial charge in [-0.05, 0) is 119 Å². The van der Waals surface area contributed by atoms with E-state index in [1.165, 1.54) is 32.1 Å². The molecule has 0 spiro atoms. The van der Waals surface area contributed by atoms with Gasteiger partial charge in [-0.15, -0.1) is 0 Å². The van der Waals surface area contributed by atoms with Crippen molar-refractivity contribution < 1.29 is 19.1 Å². The molecule has 2 aromatic rings. The van der Waals surface area contributed by atoms with Gasteiger partial charge in [0.2, 0.25) is 11.8 Å². The monoisotopic (exact) mass is 670 g/mol. The van der Waals surface area contributed by atoms with Gasteiger partial charge >= 0.3 is 0 Å². The van der Waals surface area contributed by atoms with Crippen LogP contribution in [0.4, 0.5) is 0 Å². The Labute approximate surface area is 275 Å². The van der Waals surface area contributed by atoms with Crippen molar-refractivity contribution in [2.24, 2.45) is 11.8 Å². The summed E-state index contributed by atoms with van der Waals surface area (Å²) < 4.78 is 11.4. The lowest BCUT2D eigenvalue weighted by atomic mass is 9.75. The summed E-state index contributed by atoms with van der Waals surface area (Å²) in [6.07, 6.45) is 12.3. The van der Waals surface area contributed by atoms with Gasteiger partial charge in [0.05, 0.1) is 23.3 Å². The molecule has 2 aromatic carbocycles. The zero-order chi connectivity index (χ0) is 30.6. The number of carbonyl (C=O) groups excluding carboxylic acids is 2. The van der Waals surface area contributed by atoms with Gasteiger partial charge in [0.25, 0.3) is 0 Å². The molecule has 2 saturated carbocycles. The molecule has 2 amide bonds. The Kier molecular flexibility index (Phi) is 13.9. The Hall–Kier alpha value is -1.86. The summed E-state index contributed by atoms with van der Waals surface area (Å²) in [7, 11) is 0. The quantitative estimate of drug-likeness (QED) is 0.197. The van der Waals surface area contributed by atoms with E-state index in [4.69, 9.17) is 55.9 Å². The third-order valence-electron chi connectivity index (χ3n) is 8.49. The fraction of sp³-hybridized carbons (Fsp3) is 0.576. The molecule has 6 nitrogen and oxygen atoms in total. The van der Waals surface area contributed by atoms with Crippen LogP contribution in [0.1, 0.15) is 83.5 Å². The average molecular weight is 673 g/mol. The fourth-order valence-electron chi connectivity index (χ4n) is 6.17. The molecule has 0 saturated heterocycles. The molecule has 0 aromatic heterocycles. The second-order valence-corrected chi connectivity index (χ2v) is 13.5. The van der Waals surface area contributed by atoms with E-state index in [1.54, 1.807) is 36.4 Å². The number of hydrogen-bond acceptors (Lipinski definition) is 4. The van der Waals surface area contributed by atoms with Crippen LogP contribution >= 0.6 is 46.4 Å². The standard InChI is InChI=1S/C33H42Cl4N2O4/c34-24-9-15-30(28(36)20-24)42-17-1-3-32(40)38-26-11-5-22(6-12-26)19-23-7-13-27(14-8-23)39-33(41)4-2-18-43-31-16-10-25(35)21-29(31)37/h9-10,15-16,20-23,26-27H,1-8,11-14,17-19H2,(H,38,40)(H,39,41). The van der Waals surface area contributed by atoms with Gasteiger partial charge in [0.1, 0.15) is 11.5 Å². The fourth-order valence-corrected chi connectivity index (χ4v) is 7.10. The minimum Gasteiger partial charge on any atom is -0.492 e. The van der Waals surface area contributed by atoms with E-state index in [9.17, 15) is 9.59 Å². The van der Waals surface area contributed by atoms with Gasteiger partial charge < -0.3 is 20.1 Å². The third kappa shape index (κ3) is 11.9. The first kappa shape index (κ1) is 34.0. The lowest BCUT2D eigenvalue weighted by Gasteiger charge is -2.34. The second kappa shape index (κ2) is 17.6. The average Bonchev–Trinajstić information content (AvgIpc) is 2.97.